The molecule has 1 atom stereocenters. The average molecular weight is 445 g/mol. The number of hydrogen-bond donors (Lipinski definition) is 2. The fourth-order valence-corrected chi connectivity index (χ4v) is 3.52. The van der Waals surface area contributed by atoms with Gasteiger partial charge in [-0.3, -0.25) is 0 Å². The van der Waals surface area contributed by atoms with E-state index in [-0.39, 0.29) is 0 Å². The van der Waals surface area contributed by atoms with Crippen molar-refractivity contribution in [2.45, 2.75) is 25.9 Å². The topological polar surface area (TPSA) is 55.8 Å². The molecular formula is C21H29BrN6. The molecule has 1 aromatic carbocycles. The van der Waals surface area contributed by atoms with E-state index in [1.54, 1.807) is 0 Å². The van der Waals surface area contributed by atoms with Crippen LogP contribution in [0.3, 0.4) is 0 Å². The molecule has 1 saturated heterocycles. The highest BCUT2D eigenvalue weighted by molar-refractivity contribution is 9.10. The van der Waals surface area contributed by atoms with Crippen LogP contribution in [0.2, 0.25) is 0 Å². The summed E-state index contributed by atoms with van der Waals surface area (Å²) in [5.74, 6) is 1.82. The van der Waals surface area contributed by atoms with Crippen molar-refractivity contribution in [1.29, 1.82) is 0 Å². The molecule has 1 aromatic heterocycles. The third kappa shape index (κ3) is 5.61. The average Bonchev–Trinajstić information content (AvgIpc) is 3.15. The van der Waals surface area contributed by atoms with Crippen LogP contribution in [0.5, 0.6) is 0 Å². The van der Waals surface area contributed by atoms with Crippen molar-refractivity contribution in [2.75, 3.05) is 43.5 Å². The zero-order valence-corrected chi connectivity index (χ0v) is 18.4. The molecule has 1 aliphatic heterocycles. The molecule has 1 unspecified atom stereocenters. The van der Waals surface area contributed by atoms with E-state index in [1.165, 1.54) is 5.69 Å². The maximum Gasteiger partial charge on any atom is 0.191 e. The van der Waals surface area contributed by atoms with Gasteiger partial charge in [-0.2, -0.15) is 0 Å². The van der Waals surface area contributed by atoms with Crippen LogP contribution in [0.15, 0.2) is 52.1 Å². The third-order valence-corrected chi connectivity index (χ3v) is 5.28. The Morgan fingerprint density at radius 2 is 2.07 bits per heavy atom. The van der Waals surface area contributed by atoms with E-state index in [4.69, 9.17) is 4.99 Å². The monoisotopic (exact) mass is 444 g/mol. The lowest BCUT2D eigenvalue weighted by Gasteiger charge is -2.20. The summed E-state index contributed by atoms with van der Waals surface area (Å²) in [6.45, 7) is 5.59. The molecule has 1 aliphatic rings. The van der Waals surface area contributed by atoms with Crippen LogP contribution in [0.25, 0.3) is 0 Å². The number of pyridine rings is 1. The number of guanidine groups is 1. The molecule has 0 bridgehead atoms. The van der Waals surface area contributed by atoms with Gasteiger partial charge in [0.05, 0.1) is 6.54 Å². The van der Waals surface area contributed by atoms with Crippen molar-refractivity contribution >= 4 is 33.4 Å². The first kappa shape index (κ1) is 20.5. The lowest BCUT2D eigenvalue weighted by Crippen LogP contribution is -2.44. The van der Waals surface area contributed by atoms with Gasteiger partial charge in [-0.15, -0.1) is 0 Å². The van der Waals surface area contributed by atoms with Gasteiger partial charge >= 0.3 is 0 Å². The lowest BCUT2D eigenvalue weighted by atomic mass is 10.2. The second-order valence-electron chi connectivity index (χ2n) is 7.16. The lowest BCUT2D eigenvalue weighted by molar-refractivity contribution is 0.649. The number of nitrogens with one attached hydrogen (secondary N) is 2. The van der Waals surface area contributed by atoms with Crippen molar-refractivity contribution in [1.82, 2.24) is 15.6 Å². The van der Waals surface area contributed by atoms with Crippen molar-refractivity contribution in [3.63, 3.8) is 0 Å². The van der Waals surface area contributed by atoms with E-state index in [2.05, 4.69) is 73.7 Å². The summed E-state index contributed by atoms with van der Waals surface area (Å²) in [5, 5.41) is 6.96. The Labute approximate surface area is 176 Å². The molecule has 6 nitrogen and oxygen atoms in total. The first-order valence-electron chi connectivity index (χ1n) is 9.72. The minimum atomic E-state index is 0.385. The quantitative estimate of drug-likeness (QED) is 0.528. The molecule has 1 fully saturated rings. The third-order valence-electron chi connectivity index (χ3n) is 4.75. The second kappa shape index (κ2) is 9.78. The predicted octanol–water partition coefficient (Wildman–Crippen LogP) is 3.24. The molecule has 150 valence electrons. The Morgan fingerprint density at radius 1 is 1.29 bits per heavy atom. The molecule has 0 saturated carbocycles. The van der Waals surface area contributed by atoms with E-state index >= 15 is 0 Å². The SMILES string of the molecule is CCNC(=NCc1ccnc(N(C)C)c1)NC1CCN(c2ccc(Br)cc2)C1. The second-order valence-corrected chi connectivity index (χ2v) is 8.08. The highest BCUT2D eigenvalue weighted by Crippen LogP contribution is 2.22. The van der Waals surface area contributed by atoms with Crippen LogP contribution < -0.4 is 20.4 Å². The highest BCUT2D eigenvalue weighted by Gasteiger charge is 2.23. The first-order valence-corrected chi connectivity index (χ1v) is 10.5. The van der Waals surface area contributed by atoms with Gasteiger partial charge in [0.25, 0.3) is 0 Å². The summed E-state index contributed by atoms with van der Waals surface area (Å²) in [4.78, 5) is 13.6. The van der Waals surface area contributed by atoms with Crippen LogP contribution in [0.1, 0.15) is 18.9 Å². The Hall–Kier alpha value is -2.28. The normalized spacial score (nSPS) is 16.9. The Balaban J connectivity index is 1.60. The summed E-state index contributed by atoms with van der Waals surface area (Å²) < 4.78 is 1.11. The van der Waals surface area contributed by atoms with E-state index in [0.29, 0.717) is 12.6 Å². The van der Waals surface area contributed by atoms with Gasteiger partial charge < -0.3 is 20.4 Å². The number of anilines is 2. The van der Waals surface area contributed by atoms with Crippen molar-refractivity contribution < 1.29 is 0 Å². The van der Waals surface area contributed by atoms with E-state index in [1.807, 2.05) is 31.3 Å². The minimum Gasteiger partial charge on any atom is -0.369 e. The van der Waals surface area contributed by atoms with Gasteiger partial charge in [-0.05, 0) is 55.3 Å². The van der Waals surface area contributed by atoms with Crippen LogP contribution >= 0.6 is 15.9 Å². The Kier molecular flexibility index (Phi) is 7.14. The summed E-state index contributed by atoms with van der Waals surface area (Å²) in [6, 6.07) is 13.0. The van der Waals surface area contributed by atoms with Crippen molar-refractivity contribution in [3.8, 4) is 0 Å². The molecule has 7 heteroatoms. The Morgan fingerprint density at radius 3 is 2.79 bits per heavy atom. The van der Waals surface area contributed by atoms with Crippen LogP contribution in [-0.2, 0) is 6.54 Å². The van der Waals surface area contributed by atoms with Gasteiger partial charge in [0.2, 0.25) is 0 Å². The number of nitrogens with zero attached hydrogens (tertiary/aromatic N) is 4. The van der Waals surface area contributed by atoms with Crippen LogP contribution in [0, 0.1) is 0 Å². The summed E-state index contributed by atoms with van der Waals surface area (Å²) in [6.07, 6.45) is 2.94. The molecular weight excluding hydrogens is 416 g/mol. The maximum absolute atomic E-state index is 4.78. The fraction of sp³-hybridized carbons (Fsp3) is 0.429. The molecule has 0 radical (unpaired) electrons. The zero-order valence-electron chi connectivity index (χ0n) is 16.8. The van der Waals surface area contributed by atoms with Crippen molar-refractivity contribution in [3.05, 3.63) is 52.6 Å². The molecule has 0 aliphatic carbocycles. The number of hydrogen-bond acceptors (Lipinski definition) is 4. The molecule has 2 aromatic rings. The van der Waals surface area contributed by atoms with Gasteiger partial charge in [0, 0.05) is 56.1 Å². The number of aromatic nitrogens is 1. The molecule has 0 amide bonds. The number of halogens is 1. The molecule has 0 spiro atoms. The van der Waals surface area contributed by atoms with Gasteiger partial charge in [-0.1, -0.05) is 15.9 Å². The van der Waals surface area contributed by atoms with Gasteiger partial charge in [0.15, 0.2) is 5.96 Å². The predicted molar refractivity (Wildman–Crippen MR) is 121 cm³/mol. The largest absolute Gasteiger partial charge is 0.369 e. The van der Waals surface area contributed by atoms with E-state index in [0.717, 1.165) is 47.9 Å². The molecule has 3 rings (SSSR count). The van der Waals surface area contributed by atoms with Crippen molar-refractivity contribution in [2.24, 2.45) is 4.99 Å². The van der Waals surface area contributed by atoms with Gasteiger partial charge in [0.1, 0.15) is 5.82 Å². The van der Waals surface area contributed by atoms with Crippen LogP contribution in [-0.4, -0.2) is 50.7 Å². The van der Waals surface area contributed by atoms with E-state index in [9.17, 15) is 0 Å². The fourth-order valence-electron chi connectivity index (χ4n) is 3.25. The molecule has 2 N–H and O–H groups in total. The molecule has 28 heavy (non-hydrogen) atoms. The number of rotatable bonds is 6. The smallest absolute Gasteiger partial charge is 0.191 e. The number of benzene rings is 1. The highest BCUT2D eigenvalue weighted by atomic mass is 79.9. The maximum atomic E-state index is 4.78. The molecule has 2 heterocycles. The van der Waals surface area contributed by atoms with E-state index < -0.39 is 0 Å². The zero-order chi connectivity index (χ0) is 19.9. The standard InChI is InChI=1S/C21H29BrN6/c1-4-23-21(25-14-16-9-11-24-20(13-16)27(2)3)26-18-10-12-28(15-18)19-7-5-17(22)6-8-19/h5-9,11,13,18H,4,10,12,14-15H2,1-3H3,(H2,23,25,26). The first-order chi connectivity index (χ1) is 13.5. The minimum absolute atomic E-state index is 0.385. The Bertz CT molecular complexity index is 790. The van der Waals surface area contributed by atoms with Gasteiger partial charge in [-0.25, -0.2) is 9.98 Å². The summed E-state index contributed by atoms with van der Waals surface area (Å²) in [5.41, 5.74) is 2.42. The summed E-state index contributed by atoms with van der Waals surface area (Å²) >= 11 is 3.50. The number of aliphatic imine (C=N–C) groups is 1. The summed E-state index contributed by atoms with van der Waals surface area (Å²) in [7, 11) is 4.00. The van der Waals surface area contributed by atoms with Crippen LogP contribution in [0.4, 0.5) is 11.5 Å².